The quantitative estimate of drug-likeness (QED) is 0.795. The van der Waals surface area contributed by atoms with Crippen molar-refractivity contribution in [3.63, 3.8) is 0 Å². The van der Waals surface area contributed by atoms with Gasteiger partial charge in [0.1, 0.15) is 5.82 Å². The number of nitrogens with one attached hydrogen (secondary N) is 1. The summed E-state index contributed by atoms with van der Waals surface area (Å²) in [5, 5.41) is 11.9. The minimum absolute atomic E-state index is 0.225. The van der Waals surface area contributed by atoms with Crippen molar-refractivity contribution in [1.82, 2.24) is 4.98 Å². The molecule has 4 heteroatoms. The van der Waals surface area contributed by atoms with Gasteiger partial charge in [-0.1, -0.05) is 13.8 Å². The third-order valence-electron chi connectivity index (χ3n) is 2.00. The van der Waals surface area contributed by atoms with Crippen molar-refractivity contribution in [2.24, 2.45) is 5.92 Å². The molecule has 1 rings (SSSR count). The van der Waals surface area contributed by atoms with Crippen LogP contribution in [-0.2, 0) is 0 Å². The van der Waals surface area contributed by atoms with Gasteiger partial charge in [-0.3, -0.25) is 0 Å². The number of aromatic carboxylic acids is 1. The topological polar surface area (TPSA) is 62.2 Å². The fourth-order valence-electron chi connectivity index (χ4n) is 1.18. The van der Waals surface area contributed by atoms with Crippen LogP contribution in [0.5, 0.6) is 0 Å². The average molecular weight is 208 g/mol. The van der Waals surface area contributed by atoms with Gasteiger partial charge in [-0.25, -0.2) is 9.78 Å². The number of carbonyl (C=O) groups is 1. The Kier molecular flexibility index (Phi) is 3.66. The number of anilines is 1. The fourth-order valence-corrected chi connectivity index (χ4v) is 1.18. The van der Waals surface area contributed by atoms with E-state index in [0.717, 1.165) is 17.9 Å². The molecule has 0 aliphatic rings. The minimum Gasteiger partial charge on any atom is -0.478 e. The van der Waals surface area contributed by atoms with E-state index >= 15 is 0 Å². The molecule has 0 saturated carbocycles. The zero-order valence-corrected chi connectivity index (χ0v) is 9.24. The van der Waals surface area contributed by atoms with E-state index in [0.29, 0.717) is 5.92 Å². The number of aromatic nitrogens is 1. The molecule has 0 spiro atoms. The maximum atomic E-state index is 10.7. The molecule has 0 aliphatic heterocycles. The van der Waals surface area contributed by atoms with Crippen LogP contribution in [0.25, 0.3) is 0 Å². The van der Waals surface area contributed by atoms with Gasteiger partial charge in [0.25, 0.3) is 0 Å². The number of pyridine rings is 1. The first-order valence-electron chi connectivity index (χ1n) is 4.94. The van der Waals surface area contributed by atoms with Gasteiger partial charge in [0.2, 0.25) is 0 Å². The highest BCUT2D eigenvalue weighted by molar-refractivity contribution is 5.87. The van der Waals surface area contributed by atoms with E-state index < -0.39 is 5.97 Å². The Morgan fingerprint density at radius 3 is 2.73 bits per heavy atom. The SMILES string of the molecule is Cc1cc(C(=O)O)cnc1NCC(C)C. The number of hydrogen-bond acceptors (Lipinski definition) is 3. The van der Waals surface area contributed by atoms with Gasteiger partial charge in [0.05, 0.1) is 5.56 Å². The molecule has 1 aromatic rings. The zero-order chi connectivity index (χ0) is 11.4. The lowest BCUT2D eigenvalue weighted by Gasteiger charge is -2.10. The Morgan fingerprint density at radius 2 is 2.27 bits per heavy atom. The van der Waals surface area contributed by atoms with Gasteiger partial charge < -0.3 is 10.4 Å². The third-order valence-corrected chi connectivity index (χ3v) is 2.00. The number of nitrogens with zero attached hydrogens (tertiary/aromatic N) is 1. The van der Waals surface area contributed by atoms with E-state index in [2.05, 4.69) is 24.1 Å². The first-order valence-corrected chi connectivity index (χ1v) is 4.94. The summed E-state index contributed by atoms with van der Waals surface area (Å²) in [7, 11) is 0. The van der Waals surface area contributed by atoms with E-state index in [1.54, 1.807) is 6.07 Å². The van der Waals surface area contributed by atoms with Crippen LogP contribution in [-0.4, -0.2) is 22.6 Å². The normalized spacial score (nSPS) is 10.4. The van der Waals surface area contributed by atoms with Gasteiger partial charge in [-0.05, 0) is 24.5 Å². The smallest absolute Gasteiger partial charge is 0.337 e. The first kappa shape index (κ1) is 11.5. The summed E-state index contributed by atoms with van der Waals surface area (Å²) in [6, 6.07) is 1.62. The second kappa shape index (κ2) is 4.77. The summed E-state index contributed by atoms with van der Waals surface area (Å²) in [4.78, 5) is 14.7. The van der Waals surface area contributed by atoms with Crippen LogP contribution in [0.15, 0.2) is 12.3 Å². The molecule has 0 saturated heterocycles. The van der Waals surface area contributed by atoms with Gasteiger partial charge >= 0.3 is 5.97 Å². The second-order valence-electron chi connectivity index (χ2n) is 3.97. The molecule has 82 valence electrons. The van der Waals surface area contributed by atoms with Crippen molar-refractivity contribution >= 4 is 11.8 Å². The first-order chi connectivity index (χ1) is 7.00. The fraction of sp³-hybridized carbons (Fsp3) is 0.455. The van der Waals surface area contributed by atoms with Crippen molar-refractivity contribution in [2.75, 3.05) is 11.9 Å². The summed E-state index contributed by atoms with van der Waals surface area (Å²) >= 11 is 0. The molecule has 0 unspecified atom stereocenters. The molecule has 4 nitrogen and oxygen atoms in total. The number of carboxylic acid groups (broad SMARTS) is 1. The summed E-state index contributed by atoms with van der Waals surface area (Å²) in [5.74, 6) is 0.347. The predicted molar refractivity (Wildman–Crippen MR) is 59.3 cm³/mol. The Morgan fingerprint density at radius 1 is 1.60 bits per heavy atom. The van der Waals surface area contributed by atoms with Crippen molar-refractivity contribution in [1.29, 1.82) is 0 Å². The lowest BCUT2D eigenvalue weighted by atomic mass is 10.2. The summed E-state index contributed by atoms with van der Waals surface area (Å²) in [5.41, 5.74) is 1.08. The average Bonchev–Trinajstić information content (AvgIpc) is 2.15. The van der Waals surface area contributed by atoms with E-state index in [4.69, 9.17) is 5.11 Å². The monoisotopic (exact) mass is 208 g/mol. The minimum atomic E-state index is -0.944. The summed E-state index contributed by atoms with van der Waals surface area (Å²) < 4.78 is 0. The molecule has 0 bridgehead atoms. The van der Waals surface area contributed by atoms with Crippen LogP contribution in [0.4, 0.5) is 5.82 Å². The molecule has 0 atom stereocenters. The summed E-state index contributed by atoms with van der Waals surface area (Å²) in [6.07, 6.45) is 1.37. The van der Waals surface area contributed by atoms with Crippen molar-refractivity contribution in [3.05, 3.63) is 23.4 Å². The Balaban J connectivity index is 2.79. The van der Waals surface area contributed by atoms with Crippen LogP contribution in [0.3, 0.4) is 0 Å². The van der Waals surface area contributed by atoms with Gasteiger partial charge in [0, 0.05) is 12.7 Å². The lowest BCUT2D eigenvalue weighted by Crippen LogP contribution is -2.11. The molecule has 1 aromatic heterocycles. The molecule has 0 fully saturated rings. The van der Waals surface area contributed by atoms with Crippen molar-refractivity contribution in [2.45, 2.75) is 20.8 Å². The maximum Gasteiger partial charge on any atom is 0.337 e. The number of carboxylic acids is 1. The molecular weight excluding hydrogens is 192 g/mol. The molecular formula is C11H16N2O2. The maximum absolute atomic E-state index is 10.7. The van der Waals surface area contributed by atoms with Crippen LogP contribution < -0.4 is 5.32 Å². The third kappa shape index (κ3) is 3.23. The van der Waals surface area contributed by atoms with Crippen LogP contribution in [0, 0.1) is 12.8 Å². The number of aryl methyl sites for hydroxylation is 1. The Bertz CT molecular complexity index is 362. The molecule has 2 N–H and O–H groups in total. The Hall–Kier alpha value is -1.58. The van der Waals surface area contributed by atoms with E-state index in [9.17, 15) is 4.79 Å². The lowest BCUT2D eigenvalue weighted by molar-refractivity contribution is 0.0696. The molecule has 1 heterocycles. The van der Waals surface area contributed by atoms with Crippen LogP contribution in [0.2, 0.25) is 0 Å². The molecule has 0 aliphatic carbocycles. The highest BCUT2D eigenvalue weighted by Gasteiger charge is 2.06. The highest BCUT2D eigenvalue weighted by Crippen LogP contribution is 2.13. The Labute approximate surface area is 89.3 Å². The van der Waals surface area contributed by atoms with Crippen LogP contribution >= 0.6 is 0 Å². The van der Waals surface area contributed by atoms with Gasteiger partial charge in [0.15, 0.2) is 0 Å². The van der Waals surface area contributed by atoms with Gasteiger partial charge in [-0.2, -0.15) is 0 Å². The van der Waals surface area contributed by atoms with E-state index in [-0.39, 0.29) is 5.56 Å². The van der Waals surface area contributed by atoms with Gasteiger partial charge in [-0.15, -0.1) is 0 Å². The highest BCUT2D eigenvalue weighted by atomic mass is 16.4. The second-order valence-corrected chi connectivity index (χ2v) is 3.97. The summed E-state index contributed by atoms with van der Waals surface area (Å²) in [6.45, 7) is 6.89. The van der Waals surface area contributed by atoms with E-state index in [1.165, 1.54) is 6.20 Å². The molecule has 0 radical (unpaired) electrons. The number of hydrogen-bond donors (Lipinski definition) is 2. The largest absolute Gasteiger partial charge is 0.478 e. The predicted octanol–water partition coefficient (Wildman–Crippen LogP) is 2.16. The van der Waals surface area contributed by atoms with Crippen molar-refractivity contribution in [3.8, 4) is 0 Å². The van der Waals surface area contributed by atoms with Crippen molar-refractivity contribution < 1.29 is 9.90 Å². The zero-order valence-electron chi connectivity index (χ0n) is 9.24. The number of rotatable bonds is 4. The molecule has 15 heavy (non-hydrogen) atoms. The standard InChI is InChI=1S/C11H16N2O2/c1-7(2)5-12-10-8(3)4-9(6-13-10)11(14)15/h4,6-7H,5H2,1-3H3,(H,12,13)(H,14,15). The molecule has 0 aromatic carbocycles. The van der Waals surface area contributed by atoms with E-state index in [1.807, 2.05) is 6.92 Å². The van der Waals surface area contributed by atoms with Crippen LogP contribution in [0.1, 0.15) is 29.8 Å². The molecule has 0 amide bonds.